The number of para-hydroxylation sites is 3. The number of hydrogen-bond donors (Lipinski definition) is 2. The lowest BCUT2D eigenvalue weighted by Crippen LogP contribution is -2.44. The van der Waals surface area contributed by atoms with E-state index in [1.807, 2.05) is 25.2 Å². The normalized spacial score (nSPS) is 17.5. The maximum Gasteiger partial charge on any atom is 0.191 e. The van der Waals surface area contributed by atoms with Crippen molar-refractivity contribution in [3.63, 3.8) is 0 Å². The van der Waals surface area contributed by atoms with Crippen molar-refractivity contribution in [3.05, 3.63) is 60.4 Å². The minimum absolute atomic E-state index is 0.386. The molecular formula is C21H26N6. The van der Waals surface area contributed by atoms with Crippen LogP contribution < -0.4 is 15.5 Å². The number of hydrogen-bond acceptors (Lipinski definition) is 3. The molecule has 0 radical (unpaired) electrons. The van der Waals surface area contributed by atoms with Crippen molar-refractivity contribution in [1.29, 1.82) is 0 Å². The number of imidazole rings is 1. The molecule has 27 heavy (non-hydrogen) atoms. The van der Waals surface area contributed by atoms with Crippen LogP contribution in [0.15, 0.2) is 59.6 Å². The SMILES string of the molecule is CN=C(NCc1nc2ccccc2n1C)NC1CCN(c2ccccc2)C1. The average Bonchev–Trinajstić information content (AvgIpc) is 3.31. The van der Waals surface area contributed by atoms with Crippen molar-refractivity contribution in [2.75, 3.05) is 25.0 Å². The number of aliphatic imine (C=N–C) groups is 1. The fourth-order valence-electron chi connectivity index (χ4n) is 3.66. The minimum atomic E-state index is 0.386. The summed E-state index contributed by atoms with van der Waals surface area (Å²) < 4.78 is 2.13. The van der Waals surface area contributed by atoms with Gasteiger partial charge in [-0.2, -0.15) is 0 Å². The summed E-state index contributed by atoms with van der Waals surface area (Å²) >= 11 is 0. The maximum atomic E-state index is 4.71. The van der Waals surface area contributed by atoms with Crippen molar-refractivity contribution in [3.8, 4) is 0 Å². The van der Waals surface area contributed by atoms with Gasteiger partial charge in [-0.1, -0.05) is 30.3 Å². The first-order valence-corrected chi connectivity index (χ1v) is 9.42. The van der Waals surface area contributed by atoms with E-state index < -0.39 is 0 Å². The molecule has 0 aliphatic carbocycles. The molecule has 1 atom stereocenters. The molecule has 0 spiro atoms. The fourth-order valence-corrected chi connectivity index (χ4v) is 3.66. The standard InChI is InChI=1S/C21H26N6/c1-22-21(23-14-20-25-18-10-6-7-11-19(18)26(20)2)24-16-12-13-27(15-16)17-8-4-3-5-9-17/h3-11,16H,12-15H2,1-2H3,(H2,22,23,24). The second-order valence-corrected chi connectivity index (χ2v) is 6.91. The topological polar surface area (TPSA) is 57.5 Å². The second-order valence-electron chi connectivity index (χ2n) is 6.91. The van der Waals surface area contributed by atoms with Crippen LogP contribution in [0, 0.1) is 0 Å². The Hall–Kier alpha value is -3.02. The summed E-state index contributed by atoms with van der Waals surface area (Å²) in [6, 6.07) is 19.2. The van der Waals surface area contributed by atoms with E-state index in [4.69, 9.17) is 4.98 Å². The number of benzene rings is 2. The van der Waals surface area contributed by atoms with Gasteiger partial charge in [-0.05, 0) is 30.7 Å². The smallest absolute Gasteiger partial charge is 0.191 e. The largest absolute Gasteiger partial charge is 0.369 e. The molecule has 1 aliphatic heterocycles. The molecule has 6 heteroatoms. The van der Waals surface area contributed by atoms with Crippen LogP contribution in [0.1, 0.15) is 12.2 Å². The van der Waals surface area contributed by atoms with E-state index >= 15 is 0 Å². The lowest BCUT2D eigenvalue weighted by Gasteiger charge is -2.20. The first-order chi connectivity index (χ1) is 13.2. The Labute approximate surface area is 159 Å². The minimum Gasteiger partial charge on any atom is -0.369 e. The number of nitrogens with one attached hydrogen (secondary N) is 2. The van der Waals surface area contributed by atoms with Crippen LogP contribution in [0.4, 0.5) is 5.69 Å². The van der Waals surface area contributed by atoms with E-state index in [-0.39, 0.29) is 0 Å². The number of rotatable bonds is 4. The van der Waals surface area contributed by atoms with Gasteiger partial charge >= 0.3 is 0 Å². The van der Waals surface area contributed by atoms with E-state index in [9.17, 15) is 0 Å². The number of aromatic nitrogens is 2. The van der Waals surface area contributed by atoms with Gasteiger partial charge in [0.1, 0.15) is 5.82 Å². The zero-order valence-corrected chi connectivity index (χ0v) is 15.9. The lowest BCUT2D eigenvalue weighted by atomic mass is 10.3. The van der Waals surface area contributed by atoms with Gasteiger partial charge in [0.05, 0.1) is 17.6 Å². The molecule has 2 N–H and O–H groups in total. The molecule has 1 fully saturated rings. The summed E-state index contributed by atoms with van der Waals surface area (Å²) in [7, 11) is 3.87. The van der Waals surface area contributed by atoms with Crippen LogP contribution in [-0.2, 0) is 13.6 Å². The van der Waals surface area contributed by atoms with Crippen molar-refractivity contribution < 1.29 is 0 Å². The molecule has 0 bridgehead atoms. The van der Waals surface area contributed by atoms with Gasteiger partial charge in [0.25, 0.3) is 0 Å². The van der Waals surface area contributed by atoms with Crippen LogP contribution in [0.25, 0.3) is 11.0 Å². The van der Waals surface area contributed by atoms with Crippen LogP contribution in [0.2, 0.25) is 0 Å². The molecule has 1 aromatic heterocycles. The summed E-state index contributed by atoms with van der Waals surface area (Å²) in [6.45, 7) is 2.68. The Balaban J connectivity index is 1.35. The predicted molar refractivity (Wildman–Crippen MR) is 111 cm³/mol. The zero-order chi connectivity index (χ0) is 18.6. The highest BCUT2D eigenvalue weighted by Crippen LogP contribution is 2.19. The molecule has 140 valence electrons. The Morgan fingerprint density at radius 2 is 1.93 bits per heavy atom. The van der Waals surface area contributed by atoms with Crippen molar-refractivity contribution in [1.82, 2.24) is 20.2 Å². The highest BCUT2D eigenvalue weighted by molar-refractivity contribution is 5.80. The molecule has 2 aromatic carbocycles. The molecular weight excluding hydrogens is 336 g/mol. The number of aryl methyl sites for hydroxylation is 1. The number of anilines is 1. The molecule has 3 aromatic rings. The van der Waals surface area contributed by atoms with Crippen molar-refractivity contribution in [2.24, 2.45) is 12.0 Å². The monoisotopic (exact) mass is 362 g/mol. The fraction of sp³-hybridized carbons (Fsp3) is 0.333. The molecule has 4 rings (SSSR count). The molecule has 2 heterocycles. The number of fused-ring (bicyclic) bond motifs is 1. The summed E-state index contributed by atoms with van der Waals surface area (Å²) in [4.78, 5) is 11.5. The highest BCUT2D eigenvalue weighted by Gasteiger charge is 2.23. The predicted octanol–water partition coefficient (Wildman–Crippen LogP) is 2.52. The Bertz CT molecular complexity index is 930. The Morgan fingerprint density at radius 1 is 1.15 bits per heavy atom. The van der Waals surface area contributed by atoms with Crippen LogP contribution in [0.3, 0.4) is 0 Å². The van der Waals surface area contributed by atoms with Gasteiger partial charge in [-0.25, -0.2) is 4.98 Å². The zero-order valence-electron chi connectivity index (χ0n) is 15.9. The number of nitrogens with zero attached hydrogens (tertiary/aromatic N) is 4. The molecule has 0 saturated carbocycles. The van der Waals surface area contributed by atoms with Gasteiger partial charge in [0.2, 0.25) is 0 Å². The molecule has 0 amide bonds. The van der Waals surface area contributed by atoms with E-state index in [0.29, 0.717) is 12.6 Å². The Morgan fingerprint density at radius 3 is 2.70 bits per heavy atom. The third-order valence-corrected chi connectivity index (χ3v) is 5.17. The summed E-state index contributed by atoms with van der Waals surface area (Å²) in [6.07, 6.45) is 1.10. The molecule has 6 nitrogen and oxygen atoms in total. The first kappa shape index (κ1) is 17.4. The quantitative estimate of drug-likeness (QED) is 0.553. The van der Waals surface area contributed by atoms with E-state index in [1.165, 1.54) is 5.69 Å². The maximum absolute atomic E-state index is 4.71. The van der Waals surface area contributed by atoms with Gasteiger partial charge in [0.15, 0.2) is 5.96 Å². The molecule has 1 saturated heterocycles. The molecule has 1 aliphatic rings. The Kier molecular flexibility index (Phi) is 4.96. The molecule has 1 unspecified atom stereocenters. The van der Waals surface area contributed by atoms with Gasteiger partial charge < -0.3 is 20.1 Å². The number of guanidine groups is 1. The first-order valence-electron chi connectivity index (χ1n) is 9.42. The van der Waals surface area contributed by atoms with Crippen LogP contribution in [-0.4, -0.2) is 41.7 Å². The van der Waals surface area contributed by atoms with Crippen molar-refractivity contribution in [2.45, 2.75) is 19.0 Å². The second kappa shape index (κ2) is 7.70. The summed E-state index contributed by atoms with van der Waals surface area (Å²) in [5, 5.41) is 6.96. The average molecular weight is 362 g/mol. The van der Waals surface area contributed by atoms with E-state index in [2.05, 4.69) is 68.5 Å². The summed E-state index contributed by atoms with van der Waals surface area (Å²) in [5.74, 6) is 1.82. The van der Waals surface area contributed by atoms with Gasteiger partial charge in [0, 0.05) is 38.9 Å². The summed E-state index contributed by atoms with van der Waals surface area (Å²) in [5.41, 5.74) is 3.45. The third-order valence-electron chi connectivity index (χ3n) is 5.17. The van der Waals surface area contributed by atoms with Crippen molar-refractivity contribution >= 4 is 22.7 Å². The van der Waals surface area contributed by atoms with Gasteiger partial charge in [-0.15, -0.1) is 0 Å². The lowest BCUT2D eigenvalue weighted by molar-refractivity contribution is 0.642. The van der Waals surface area contributed by atoms with Gasteiger partial charge in [-0.3, -0.25) is 4.99 Å². The van der Waals surface area contributed by atoms with Crippen LogP contribution in [0.5, 0.6) is 0 Å². The highest BCUT2D eigenvalue weighted by atomic mass is 15.2. The van der Waals surface area contributed by atoms with E-state index in [0.717, 1.165) is 42.3 Å². The van der Waals surface area contributed by atoms with Crippen LogP contribution >= 0.6 is 0 Å². The van der Waals surface area contributed by atoms with E-state index in [1.54, 1.807) is 0 Å². The third kappa shape index (κ3) is 3.74.